The number of benzene rings is 3. The van der Waals surface area contributed by atoms with Gasteiger partial charge in [-0.15, -0.1) is 0 Å². The van der Waals surface area contributed by atoms with Crippen LogP contribution in [0.4, 0.5) is 10.1 Å². The fraction of sp³-hybridized carbons (Fsp3) is 0.333. The van der Waals surface area contributed by atoms with E-state index in [0.717, 1.165) is 16.1 Å². The van der Waals surface area contributed by atoms with Crippen LogP contribution in [-0.2, 0) is 32.6 Å². The van der Waals surface area contributed by atoms with Gasteiger partial charge in [0.25, 0.3) is 0 Å². The Morgan fingerprint density at radius 3 is 2.29 bits per heavy atom. The normalized spacial score (nSPS) is 13.2. The SMILES string of the molecule is CCCNC(=O)[C@@H](Cc1ccccc1)N(Cc1ccc(F)cc1)C(=O)CN(c1ccc2c(c1)OCCO2)S(C)(=O)=O. The van der Waals surface area contributed by atoms with Gasteiger partial charge in [0.05, 0.1) is 11.9 Å². The minimum Gasteiger partial charge on any atom is -0.486 e. The maximum atomic E-state index is 14.1. The van der Waals surface area contributed by atoms with Crippen molar-refractivity contribution in [3.63, 3.8) is 0 Å². The molecule has 218 valence electrons. The minimum absolute atomic E-state index is 0.0328. The van der Waals surface area contributed by atoms with Gasteiger partial charge in [-0.25, -0.2) is 12.8 Å². The van der Waals surface area contributed by atoms with Gasteiger partial charge in [0.1, 0.15) is 31.6 Å². The Morgan fingerprint density at radius 1 is 0.951 bits per heavy atom. The third kappa shape index (κ3) is 7.97. The average Bonchev–Trinajstić information content (AvgIpc) is 2.97. The van der Waals surface area contributed by atoms with E-state index in [0.29, 0.717) is 43.2 Å². The second-order valence-electron chi connectivity index (χ2n) is 9.74. The number of amides is 2. The number of fused-ring (bicyclic) bond motifs is 1. The first kappa shape index (κ1) is 29.9. The molecule has 1 aliphatic rings. The highest BCUT2D eigenvalue weighted by Gasteiger charge is 2.33. The zero-order valence-electron chi connectivity index (χ0n) is 23.1. The monoisotopic (exact) mass is 583 g/mol. The van der Waals surface area contributed by atoms with Gasteiger partial charge in [-0.2, -0.15) is 0 Å². The Labute approximate surface area is 239 Å². The van der Waals surface area contributed by atoms with Gasteiger partial charge in [-0.3, -0.25) is 13.9 Å². The van der Waals surface area contributed by atoms with Crippen molar-refractivity contribution in [1.29, 1.82) is 0 Å². The van der Waals surface area contributed by atoms with Crippen molar-refractivity contribution in [3.8, 4) is 11.5 Å². The second kappa shape index (κ2) is 13.5. The number of nitrogens with one attached hydrogen (secondary N) is 1. The summed E-state index contributed by atoms with van der Waals surface area (Å²) in [6.45, 7) is 2.43. The molecule has 1 aliphatic heterocycles. The van der Waals surface area contributed by atoms with Gasteiger partial charge >= 0.3 is 0 Å². The zero-order valence-corrected chi connectivity index (χ0v) is 23.9. The van der Waals surface area contributed by atoms with Crippen LogP contribution in [0.25, 0.3) is 0 Å². The largest absolute Gasteiger partial charge is 0.486 e. The van der Waals surface area contributed by atoms with Gasteiger partial charge in [-0.1, -0.05) is 49.4 Å². The van der Waals surface area contributed by atoms with Crippen LogP contribution in [0, 0.1) is 5.82 Å². The summed E-state index contributed by atoms with van der Waals surface area (Å²) in [6, 6.07) is 18.6. The van der Waals surface area contributed by atoms with E-state index in [1.807, 2.05) is 37.3 Å². The molecule has 1 heterocycles. The molecule has 0 saturated heterocycles. The summed E-state index contributed by atoms with van der Waals surface area (Å²) in [7, 11) is -3.93. The molecule has 0 bridgehead atoms. The molecular formula is C30H34FN3O6S. The van der Waals surface area contributed by atoms with Crippen molar-refractivity contribution < 1.29 is 31.9 Å². The number of carbonyl (C=O) groups excluding carboxylic acids is 2. The molecule has 3 aromatic rings. The summed E-state index contributed by atoms with van der Waals surface area (Å²) < 4.78 is 51.7. The average molecular weight is 584 g/mol. The molecule has 0 radical (unpaired) electrons. The first-order valence-corrected chi connectivity index (χ1v) is 15.2. The molecule has 9 nitrogen and oxygen atoms in total. The molecule has 3 aromatic carbocycles. The topological polar surface area (TPSA) is 105 Å². The fourth-order valence-corrected chi connectivity index (χ4v) is 5.35. The molecule has 11 heteroatoms. The third-order valence-corrected chi connectivity index (χ3v) is 7.72. The lowest BCUT2D eigenvalue weighted by atomic mass is 10.0. The number of hydrogen-bond acceptors (Lipinski definition) is 6. The number of sulfonamides is 1. The molecule has 2 amide bonds. The number of rotatable bonds is 12. The van der Waals surface area contributed by atoms with Crippen LogP contribution < -0.4 is 19.1 Å². The van der Waals surface area contributed by atoms with Crippen LogP contribution in [0.15, 0.2) is 72.8 Å². The fourth-order valence-electron chi connectivity index (χ4n) is 4.51. The van der Waals surface area contributed by atoms with Crippen molar-refractivity contribution >= 4 is 27.5 Å². The van der Waals surface area contributed by atoms with E-state index in [4.69, 9.17) is 9.47 Å². The van der Waals surface area contributed by atoms with Crippen LogP contribution in [0.1, 0.15) is 24.5 Å². The van der Waals surface area contributed by atoms with Gasteiger partial charge in [0, 0.05) is 25.6 Å². The Bertz CT molecular complexity index is 1450. The summed E-state index contributed by atoms with van der Waals surface area (Å²) in [4.78, 5) is 28.9. The number of anilines is 1. The van der Waals surface area contributed by atoms with Gasteiger partial charge in [0.15, 0.2) is 11.5 Å². The van der Waals surface area contributed by atoms with E-state index in [2.05, 4.69) is 5.32 Å². The van der Waals surface area contributed by atoms with Crippen LogP contribution >= 0.6 is 0 Å². The van der Waals surface area contributed by atoms with E-state index in [1.165, 1.54) is 35.2 Å². The van der Waals surface area contributed by atoms with Crippen molar-refractivity contribution in [2.45, 2.75) is 32.4 Å². The highest BCUT2D eigenvalue weighted by atomic mass is 32.2. The quantitative estimate of drug-likeness (QED) is 0.350. The highest BCUT2D eigenvalue weighted by Crippen LogP contribution is 2.34. The molecule has 0 aliphatic carbocycles. The first-order chi connectivity index (χ1) is 19.7. The van der Waals surface area contributed by atoms with Crippen LogP contribution in [0.2, 0.25) is 0 Å². The second-order valence-corrected chi connectivity index (χ2v) is 11.6. The molecule has 1 atom stereocenters. The maximum Gasteiger partial charge on any atom is 0.244 e. The minimum atomic E-state index is -3.93. The van der Waals surface area contributed by atoms with E-state index < -0.39 is 34.3 Å². The summed E-state index contributed by atoms with van der Waals surface area (Å²) in [6.07, 6.45) is 1.91. The third-order valence-electron chi connectivity index (χ3n) is 6.58. The molecule has 1 N–H and O–H groups in total. The Morgan fingerprint density at radius 2 is 1.63 bits per heavy atom. The predicted molar refractivity (Wildman–Crippen MR) is 154 cm³/mol. The number of carbonyl (C=O) groups is 2. The van der Waals surface area contributed by atoms with Crippen LogP contribution in [0.5, 0.6) is 11.5 Å². The molecule has 41 heavy (non-hydrogen) atoms. The number of ether oxygens (including phenoxy) is 2. The summed E-state index contributed by atoms with van der Waals surface area (Å²) >= 11 is 0. The van der Waals surface area contributed by atoms with E-state index >= 15 is 0 Å². The molecule has 0 unspecified atom stereocenters. The first-order valence-electron chi connectivity index (χ1n) is 13.4. The van der Waals surface area contributed by atoms with E-state index in [1.54, 1.807) is 12.1 Å². The smallest absolute Gasteiger partial charge is 0.244 e. The van der Waals surface area contributed by atoms with Crippen molar-refractivity contribution in [3.05, 3.63) is 89.7 Å². The van der Waals surface area contributed by atoms with Crippen molar-refractivity contribution in [2.24, 2.45) is 0 Å². The van der Waals surface area contributed by atoms with Crippen LogP contribution in [-0.4, -0.2) is 63.7 Å². The molecule has 0 aromatic heterocycles. The van der Waals surface area contributed by atoms with Gasteiger partial charge in [0.2, 0.25) is 21.8 Å². The lowest BCUT2D eigenvalue weighted by Gasteiger charge is -2.33. The predicted octanol–water partition coefficient (Wildman–Crippen LogP) is 3.53. The zero-order chi connectivity index (χ0) is 29.4. The molecule has 0 spiro atoms. The lowest BCUT2D eigenvalue weighted by Crippen LogP contribution is -2.53. The Kier molecular flexibility index (Phi) is 9.82. The van der Waals surface area contributed by atoms with Crippen molar-refractivity contribution in [2.75, 3.05) is 36.9 Å². The summed E-state index contributed by atoms with van der Waals surface area (Å²) in [5, 5.41) is 2.88. The molecule has 0 saturated carbocycles. The maximum absolute atomic E-state index is 14.1. The Balaban J connectivity index is 1.71. The Hall–Kier alpha value is -4.12. The van der Waals surface area contributed by atoms with E-state index in [9.17, 15) is 22.4 Å². The highest BCUT2D eigenvalue weighted by molar-refractivity contribution is 7.92. The number of halogens is 1. The van der Waals surface area contributed by atoms with Gasteiger partial charge < -0.3 is 19.7 Å². The molecular weight excluding hydrogens is 549 g/mol. The molecule has 0 fully saturated rings. The number of nitrogens with zero attached hydrogens (tertiary/aromatic N) is 2. The van der Waals surface area contributed by atoms with Crippen molar-refractivity contribution in [1.82, 2.24) is 10.2 Å². The van der Waals surface area contributed by atoms with Gasteiger partial charge in [-0.05, 0) is 41.8 Å². The lowest BCUT2D eigenvalue weighted by molar-refractivity contribution is -0.140. The standard InChI is InChI=1S/C30H34FN3O6S/c1-3-15-32-30(36)26(18-22-7-5-4-6-8-22)33(20-23-9-11-24(31)12-10-23)29(35)21-34(41(2,37)38)25-13-14-27-28(19-25)40-17-16-39-27/h4-14,19,26H,3,15-18,20-21H2,1-2H3,(H,32,36)/t26-/m1/s1. The number of hydrogen-bond donors (Lipinski definition) is 1. The summed E-state index contributed by atoms with van der Waals surface area (Å²) in [5.74, 6) is -0.541. The van der Waals surface area contributed by atoms with E-state index in [-0.39, 0.29) is 24.6 Å². The van der Waals surface area contributed by atoms with Crippen LogP contribution in [0.3, 0.4) is 0 Å². The molecule has 4 rings (SSSR count). The summed E-state index contributed by atoms with van der Waals surface area (Å²) in [5.41, 5.74) is 1.64.